The average Bonchev–Trinajstić information content (AvgIpc) is 3.61. The number of hydrogen-bond acceptors (Lipinski definition) is 5. The highest BCUT2D eigenvalue weighted by Crippen LogP contribution is 2.39. The number of aromatic amines is 1. The molecule has 194 valence electrons. The van der Waals surface area contributed by atoms with E-state index in [1.807, 2.05) is 53.1 Å². The van der Waals surface area contributed by atoms with Gasteiger partial charge in [-0.05, 0) is 46.9 Å². The van der Waals surface area contributed by atoms with Gasteiger partial charge in [-0.2, -0.15) is 0 Å². The minimum atomic E-state index is -1.10. The van der Waals surface area contributed by atoms with Crippen LogP contribution < -0.4 is 4.74 Å². The summed E-state index contributed by atoms with van der Waals surface area (Å²) in [4.78, 5) is 4.75. The van der Waals surface area contributed by atoms with Crippen LogP contribution in [0.2, 0.25) is 5.02 Å². The Morgan fingerprint density at radius 3 is 2.61 bits per heavy atom. The van der Waals surface area contributed by atoms with Crippen LogP contribution >= 0.6 is 11.6 Å². The van der Waals surface area contributed by atoms with Crippen LogP contribution in [0.3, 0.4) is 0 Å². The van der Waals surface area contributed by atoms with Gasteiger partial charge in [0.2, 0.25) is 0 Å². The SMILES string of the molecule is Fc1cc2c(nc(-c3ccc(-c4nnn[nH]4)cc3OCc3ccccc3)n2CC2CCCCC2)c(Cl)c1F. The van der Waals surface area contributed by atoms with Crippen molar-refractivity contribution >= 4 is 22.6 Å². The van der Waals surface area contributed by atoms with Crippen LogP contribution in [0.5, 0.6) is 5.75 Å². The lowest BCUT2D eigenvalue weighted by atomic mass is 9.89. The van der Waals surface area contributed by atoms with Gasteiger partial charge in [-0.15, -0.1) is 5.10 Å². The molecule has 0 spiro atoms. The van der Waals surface area contributed by atoms with Crippen molar-refractivity contribution in [1.82, 2.24) is 30.2 Å². The molecule has 0 amide bonds. The summed E-state index contributed by atoms with van der Waals surface area (Å²) in [6.45, 7) is 0.942. The Bertz CT molecular complexity index is 1570. The van der Waals surface area contributed by atoms with E-state index < -0.39 is 11.6 Å². The third kappa shape index (κ3) is 4.74. The summed E-state index contributed by atoms with van der Waals surface area (Å²) < 4.78 is 37.3. The van der Waals surface area contributed by atoms with Crippen molar-refractivity contribution in [2.24, 2.45) is 5.92 Å². The van der Waals surface area contributed by atoms with Gasteiger partial charge >= 0.3 is 0 Å². The van der Waals surface area contributed by atoms with Gasteiger partial charge in [0.15, 0.2) is 17.5 Å². The number of nitrogens with one attached hydrogen (secondary N) is 1. The molecule has 3 aromatic carbocycles. The number of ether oxygens (including phenoxy) is 1. The molecule has 1 aliphatic carbocycles. The van der Waals surface area contributed by atoms with Crippen LogP contribution in [0, 0.1) is 17.6 Å². The van der Waals surface area contributed by atoms with Gasteiger partial charge in [0.05, 0.1) is 11.1 Å². The van der Waals surface area contributed by atoms with E-state index in [9.17, 15) is 8.78 Å². The maximum absolute atomic E-state index is 14.5. The zero-order valence-electron chi connectivity index (χ0n) is 20.5. The van der Waals surface area contributed by atoms with Crippen molar-refractivity contribution in [2.45, 2.75) is 45.3 Å². The molecule has 0 radical (unpaired) electrons. The Kier molecular flexibility index (Phi) is 6.76. The molecule has 2 heterocycles. The van der Waals surface area contributed by atoms with Gasteiger partial charge in [-0.3, -0.25) is 0 Å². The molecular formula is C28H25ClF2N6O. The zero-order valence-corrected chi connectivity index (χ0v) is 21.3. The van der Waals surface area contributed by atoms with E-state index in [0.717, 1.165) is 36.8 Å². The third-order valence-corrected chi connectivity index (χ3v) is 7.47. The van der Waals surface area contributed by atoms with Gasteiger partial charge in [-0.25, -0.2) is 18.9 Å². The van der Waals surface area contributed by atoms with E-state index in [1.54, 1.807) is 0 Å². The first-order valence-corrected chi connectivity index (χ1v) is 13.0. The summed E-state index contributed by atoms with van der Waals surface area (Å²) in [7, 11) is 0. The van der Waals surface area contributed by atoms with E-state index in [0.29, 0.717) is 47.5 Å². The van der Waals surface area contributed by atoms with E-state index in [4.69, 9.17) is 21.3 Å². The predicted molar refractivity (Wildman–Crippen MR) is 141 cm³/mol. The van der Waals surface area contributed by atoms with E-state index >= 15 is 0 Å². The Labute approximate surface area is 222 Å². The van der Waals surface area contributed by atoms with Gasteiger partial charge in [0, 0.05) is 18.2 Å². The zero-order chi connectivity index (χ0) is 26.1. The van der Waals surface area contributed by atoms with Crippen molar-refractivity contribution in [2.75, 3.05) is 0 Å². The Morgan fingerprint density at radius 1 is 1.03 bits per heavy atom. The van der Waals surface area contributed by atoms with Crippen molar-refractivity contribution in [3.05, 3.63) is 76.8 Å². The number of rotatable bonds is 7. The van der Waals surface area contributed by atoms with Gasteiger partial charge in [0.1, 0.15) is 28.7 Å². The molecule has 1 fully saturated rings. The van der Waals surface area contributed by atoms with Crippen LogP contribution in [0.1, 0.15) is 37.7 Å². The highest BCUT2D eigenvalue weighted by Gasteiger charge is 2.25. The average molecular weight is 535 g/mol. The van der Waals surface area contributed by atoms with Gasteiger partial charge < -0.3 is 9.30 Å². The monoisotopic (exact) mass is 534 g/mol. The van der Waals surface area contributed by atoms with Crippen molar-refractivity contribution < 1.29 is 13.5 Å². The molecule has 0 unspecified atom stereocenters. The van der Waals surface area contributed by atoms with Gasteiger partial charge in [0.25, 0.3) is 0 Å². The summed E-state index contributed by atoms with van der Waals surface area (Å²) in [5, 5.41) is 13.8. The predicted octanol–water partition coefficient (Wildman–Crippen LogP) is 6.97. The van der Waals surface area contributed by atoms with Crippen LogP contribution in [0.15, 0.2) is 54.6 Å². The molecule has 0 aliphatic heterocycles. The van der Waals surface area contributed by atoms with Crippen molar-refractivity contribution in [1.29, 1.82) is 0 Å². The second kappa shape index (κ2) is 10.5. The fourth-order valence-corrected chi connectivity index (χ4v) is 5.40. The largest absolute Gasteiger partial charge is 0.488 e. The fourth-order valence-electron chi connectivity index (χ4n) is 5.17. The molecule has 38 heavy (non-hydrogen) atoms. The van der Waals surface area contributed by atoms with Crippen LogP contribution in [-0.2, 0) is 13.2 Å². The molecule has 0 bridgehead atoms. The lowest BCUT2D eigenvalue weighted by Gasteiger charge is -2.23. The minimum absolute atomic E-state index is 0.230. The number of fused-ring (bicyclic) bond motifs is 1. The summed E-state index contributed by atoms with van der Waals surface area (Å²) >= 11 is 6.27. The molecule has 5 aromatic rings. The molecule has 7 nitrogen and oxygen atoms in total. The first kappa shape index (κ1) is 24.5. The van der Waals surface area contributed by atoms with Crippen LogP contribution in [-0.4, -0.2) is 30.2 Å². The normalized spacial score (nSPS) is 14.3. The summed E-state index contributed by atoms with van der Waals surface area (Å²) in [6, 6.07) is 16.6. The summed E-state index contributed by atoms with van der Waals surface area (Å²) in [5.41, 5.74) is 3.10. The number of hydrogen-bond donors (Lipinski definition) is 1. The lowest BCUT2D eigenvalue weighted by Crippen LogP contribution is -2.15. The molecular weight excluding hydrogens is 510 g/mol. The number of halogens is 3. The first-order valence-electron chi connectivity index (χ1n) is 12.7. The first-order chi connectivity index (χ1) is 18.6. The highest BCUT2D eigenvalue weighted by atomic mass is 35.5. The number of tetrazole rings is 1. The fraction of sp³-hybridized carbons (Fsp3) is 0.286. The second-order valence-electron chi connectivity index (χ2n) is 9.64. The highest BCUT2D eigenvalue weighted by molar-refractivity contribution is 6.35. The van der Waals surface area contributed by atoms with Crippen molar-refractivity contribution in [3.8, 4) is 28.5 Å². The number of benzene rings is 3. The maximum atomic E-state index is 14.5. The number of imidazole rings is 1. The molecule has 1 aliphatic rings. The third-order valence-electron chi connectivity index (χ3n) is 7.12. The molecule has 1 N–H and O–H groups in total. The molecule has 10 heteroatoms. The summed E-state index contributed by atoms with van der Waals surface area (Å²) in [6.07, 6.45) is 5.68. The molecule has 6 rings (SSSR count). The standard InChI is InChI=1S/C28H25ClF2N6O/c29-24-25(31)21(30)14-22-26(24)32-28(37(22)15-17-7-3-1-4-8-17)20-12-11-19(27-33-35-36-34-27)13-23(20)38-16-18-9-5-2-6-10-18/h2,5-6,9-14,17H,1,3-4,7-8,15-16H2,(H,33,34,35,36). The Hall–Kier alpha value is -3.85. The number of nitrogens with zero attached hydrogens (tertiary/aromatic N) is 5. The topological polar surface area (TPSA) is 81.5 Å². The van der Waals surface area contributed by atoms with Gasteiger partial charge in [-0.1, -0.05) is 67.3 Å². The maximum Gasteiger partial charge on any atom is 0.179 e. The second-order valence-corrected chi connectivity index (χ2v) is 10.0. The molecule has 1 saturated carbocycles. The Morgan fingerprint density at radius 2 is 1.84 bits per heavy atom. The lowest BCUT2D eigenvalue weighted by molar-refractivity contribution is 0.306. The van der Waals surface area contributed by atoms with Crippen LogP contribution in [0.25, 0.3) is 33.8 Å². The minimum Gasteiger partial charge on any atom is -0.488 e. The van der Waals surface area contributed by atoms with E-state index in [2.05, 4.69) is 20.6 Å². The smallest absolute Gasteiger partial charge is 0.179 e. The molecule has 2 aromatic heterocycles. The number of aromatic nitrogens is 6. The molecule has 0 saturated heterocycles. The van der Waals surface area contributed by atoms with E-state index in [-0.39, 0.29) is 10.5 Å². The quantitative estimate of drug-likeness (QED) is 0.228. The van der Waals surface area contributed by atoms with Crippen LogP contribution in [0.4, 0.5) is 8.78 Å². The van der Waals surface area contributed by atoms with Crippen molar-refractivity contribution in [3.63, 3.8) is 0 Å². The summed E-state index contributed by atoms with van der Waals surface area (Å²) in [5.74, 6) is -0.110. The molecule has 0 atom stereocenters. The Balaban J connectivity index is 1.50. The number of H-pyrrole nitrogens is 1. The van der Waals surface area contributed by atoms with E-state index in [1.165, 1.54) is 12.5 Å².